The Bertz CT molecular complexity index is 1430. The van der Waals surface area contributed by atoms with Crippen molar-refractivity contribution in [1.29, 1.82) is 0 Å². The summed E-state index contributed by atoms with van der Waals surface area (Å²) in [6.45, 7) is 6.65. The van der Waals surface area contributed by atoms with Crippen LogP contribution in [0.1, 0.15) is 406 Å². The van der Waals surface area contributed by atoms with Gasteiger partial charge in [-0.05, 0) is 77.0 Å². The van der Waals surface area contributed by atoms with Gasteiger partial charge in [0.15, 0.2) is 6.10 Å². The van der Waals surface area contributed by atoms with Crippen LogP contribution in [0.4, 0.5) is 0 Å². The van der Waals surface area contributed by atoms with Gasteiger partial charge < -0.3 is 14.2 Å². The summed E-state index contributed by atoms with van der Waals surface area (Å²) >= 11 is 0. The Labute approximate surface area is 518 Å². The lowest BCUT2D eigenvalue weighted by Gasteiger charge is -2.18. The standard InChI is InChI=1S/C77H142O6/c1-4-7-10-13-16-19-22-25-28-30-31-32-33-34-35-36-37-38-39-40-41-42-43-44-45-46-47-48-50-52-55-58-61-64-67-70-76(79)82-73-74(72-81-75(78)69-66-63-60-57-54-51-27-24-21-18-15-12-9-6-3)83-77(80)71-68-65-62-59-56-53-49-29-26-23-20-17-14-11-8-5-2/h15,18,22,24-25,27,30-31,74H,4-14,16-17,19-21,23,26,28-29,32-73H2,1-3H3/b18-15-,25-22-,27-24-,31-30-. The summed E-state index contributed by atoms with van der Waals surface area (Å²) in [5, 5.41) is 0. The van der Waals surface area contributed by atoms with Crippen LogP contribution in [0, 0.1) is 0 Å². The highest BCUT2D eigenvalue weighted by Gasteiger charge is 2.19. The molecule has 0 saturated heterocycles. The Morgan fingerprint density at radius 1 is 0.241 bits per heavy atom. The van der Waals surface area contributed by atoms with Gasteiger partial charge in [-0.2, -0.15) is 0 Å². The van der Waals surface area contributed by atoms with Gasteiger partial charge >= 0.3 is 17.9 Å². The number of carbonyl (C=O) groups is 3. The summed E-state index contributed by atoms with van der Waals surface area (Å²) < 4.78 is 17.0. The van der Waals surface area contributed by atoms with Crippen molar-refractivity contribution in [3.8, 4) is 0 Å². The van der Waals surface area contributed by atoms with E-state index in [4.69, 9.17) is 14.2 Å². The SMILES string of the molecule is CCCC/C=C\C/C=C\CCCCCCCC(=O)OCC(COC(=O)CCCCCCCCCCCCCCCCCCCCCCCCC/C=C\C/C=C\CCCCCCC)OC(=O)CCCCCCCCCCCCCCCCCC. The monoisotopic (exact) mass is 1160 g/mol. The lowest BCUT2D eigenvalue weighted by Crippen LogP contribution is -2.30. The fourth-order valence-electron chi connectivity index (χ4n) is 11.2. The topological polar surface area (TPSA) is 78.9 Å². The van der Waals surface area contributed by atoms with Crippen LogP contribution in [-0.2, 0) is 28.6 Å². The minimum atomic E-state index is -0.776. The highest BCUT2D eigenvalue weighted by Crippen LogP contribution is 2.19. The molecule has 0 aromatic heterocycles. The molecule has 0 radical (unpaired) electrons. The van der Waals surface area contributed by atoms with E-state index in [1.165, 1.54) is 283 Å². The van der Waals surface area contributed by atoms with Crippen LogP contribution >= 0.6 is 0 Å². The van der Waals surface area contributed by atoms with Gasteiger partial charge in [0.2, 0.25) is 0 Å². The Hall–Kier alpha value is -2.63. The number of unbranched alkanes of at least 4 members (excludes halogenated alkanes) is 50. The molecular formula is C77H142O6. The van der Waals surface area contributed by atoms with Crippen molar-refractivity contribution in [2.24, 2.45) is 0 Å². The molecule has 1 atom stereocenters. The number of ether oxygens (including phenoxy) is 3. The minimum Gasteiger partial charge on any atom is -0.462 e. The molecule has 1 unspecified atom stereocenters. The van der Waals surface area contributed by atoms with E-state index in [0.29, 0.717) is 19.3 Å². The van der Waals surface area contributed by atoms with Crippen LogP contribution in [0.2, 0.25) is 0 Å². The Balaban J connectivity index is 4.08. The van der Waals surface area contributed by atoms with Crippen LogP contribution in [0.3, 0.4) is 0 Å². The second-order valence-corrected chi connectivity index (χ2v) is 25.2. The highest BCUT2D eigenvalue weighted by atomic mass is 16.6. The van der Waals surface area contributed by atoms with Gasteiger partial charge in [-0.25, -0.2) is 0 Å². The molecule has 0 heterocycles. The van der Waals surface area contributed by atoms with Crippen molar-refractivity contribution in [2.45, 2.75) is 412 Å². The molecule has 0 aliphatic heterocycles. The molecule has 0 aliphatic carbocycles. The number of rotatable bonds is 69. The minimum absolute atomic E-state index is 0.0715. The third kappa shape index (κ3) is 70.0. The maximum atomic E-state index is 12.9. The van der Waals surface area contributed by atoms with E-state index in [0.717, 1.165) is 83.5 Å². The van der Waals surface area contributed by atoms with Crippen molar-refractivity contribution in [3.63, 3.8) is 0 Å². The van der Waals surface area contributed by atoms with Crippen LogP contribution in [-0.4, -0.2) is 37.2 Å². The normalized spacial score (nSPS) is 12.3. The molecule has 0 aromatic carbocycles. The quantitative estimate of drug-likeness (QED) is 0.0261. The third-order valence-electron chi connectivity index (χ3n) is 16.8. The van der Waals surface area contributed by atoms with E-state index < -0.39 is 6.10 Å². The molecule has 6 nitrogen and oxygen atoms in total. The van der Waals surface area contributed by atoms with E-state index in [9.17, 15) is 14.4 Å². The predicted octanol–water partition coefficient (Wildman–Crippen LogP) is 25.7. The van der Waals surface area contributed by atoms with E-state index in [1.54, 1.807) is 0 Å². The van der Waals surface area contributed by atoms with Crippen molar-refractivity contribution >= 4 is 17.9 Å². The lowest BCUT2D eigenvalue weighted by molar-refractivity contribution is -0.167. The van der Waals surface area contributed by atoms with E-state index in [-0.39, 0.29) is 31.1 Å². The number of allylic oxidation sites excluding steroid dienone is 8. The number of esters is 3. The number of carbonyl (C=O) groups excluding carboxylic acids is 3. The highest BCUT2D eigenvalue weighted by molar-refractivity contribution is 5.71. The van der Waals surface area contributed by atoms with E-state index >= 15 is 0 Å². The van der Waals surface area contributed by atoms with Crippen molar-refractivity contribution in [2.75, 3.05) is 13.2 Å². The zero-order valence-electron chi connectivity index (χ0n) is 56.0. The molecule has 0 aromatic rings. The largest absolute Gasteiger partial charge is 0.462 e. The molecule has 0 saturated carbocycles. The molecule has 0 aliphatic rings. The average Bonchev–Trinajstić information content (AvgIpc) is 3.49. The smallest absolute Gasteiger partial charge is 0.306 e. The van der Waals surface area contributed by atoms with Crippen molar-refractivity contribution in [3.05, 3.63) is 48.6 Å². The predicted molar refractivity (Wildman–Crippen MR) is 362 cm³/mol. The third-order valence-corrected chi connectivity index (χ3v) is 16.8. The van der Waals surface area contributed by atoms with Gasteiger partial charge in [-0.15, -0.1) is 0 Å². The van der Waals surface area contributed by atoms with Gasteiger partial charge in [-0.3, -0.25) is 14.4 Å². The van der Waals surface area contributed by atoms with Crippen LogP contribution in [0.25, 0.3) is 0 Å². The second-order valence-electron chi connectivity index (χ2n) is 25.2. The van der Waals surface area contributed by atoms with Gasteiger partial charge in [-0.1, -0.05) is 358 Å². The summed E-state index contributed by atoms with van der Waals surface area (Å²) in [6, 6.07) is 0. The first-order valence-electron chi connectivity index (χ1n) is 37.1. The zero-order chi connectivity index (χ0) is 59.9. The zero-order valence-corrected chi connectivity index (χ0v) is 56.0. The maximum Gasteiger partial charge on any atom is 0.306 e. The molecule has 0 bridgehead atoms. The maximum absolute atomic E-state index is 12.9. The van der Waals surface area contributed by atoms with E-state index in [1.807, 2.05) is 0 Å². The molecule has 0 fully saturated rings. The Morgan fingerprint density at radius 3 is 0.699 bits per heavy atom. The summed E-state index contributed by atoms with van der Waals surface area (Å²) in [5.41, 5.74) is 0. The molecule has 0 rings (SSSR count). The van der Waals surface area contributed by atoms with Crippen LogP contribution in [0.15, 0.2) is 48.6 Å². The van der Waals surface area contributed by atoms with Gasteiger partial charge in [0.05, 0.1) is 0 Å². The summed E-state index contributed by atoms with van der Waals surface area (Å²) in [6.07, 6.45) is 91.7. The summed E-state index contributed by atoms with van der Waals surface area (Å²) in [7, 11) is 0. The number of hydrogen-bond acceptors (Lipinski definition) is 6. The van der Waals surface area contributed by atoms with Crippen molar-refractivity contribution in [1.82, 2.24) is 0 Å². The fourth-order valence-corrected chi connectivity index (χ4v) is 11.2. The van der Waals surface area contributed by atoms with Crippen LogP contribution < -0.4 is 0 Å². The molecular weight excluding hydrogens is 1020 g/mol. The first-order valence-corrected chi connectivity index (χ1v) is 37.1. The first kappa shape index (κ1) is 80.4. The number of hydrogen-bond donors (Lipinski definition) is 0. The second kappa shape index (κ2) is 71.8. The molecule has 6 heteroatoms. The lowest BCUT2D eigenvalue weighted by atomic mass is 10.0. The van der Waals surface area contributed by atoms with Gasteiger partial charge in [0, 0.05) is 19.3 Å². The molecule has 0 N–H and O–H groups in total. The molecule has 0 amide bonds. The first-order chi connectivity index (χ1) is 41.0. The Kier molecular flexibility index (Phi) is 69.6. The Morgan fingerprint density at radius 2 is 0.446 bits per heavy atom. The average molecular weight is 1160 g/mol. The van der Waals surface area contributed by atoms with E-state index in [2.05, 4.69) is 69.4 Å². The summed E-state index contributed by atoms with van der Waals surface area (Å²) in [5.74, 6) is -0.857. The van der Waals surface area contributed by atoms with Gasteiger partial charge in [0.25, 0.3) is 0 Å². The summed E-state index contributed by atoms with van der Waals surface area (Å²) in [4.78, 5) is 38.4. The molecule has 486 valence electrons. The van der Waals surface area contributed by atoms with Crippen molar-refractivity contribution < 1.29 is 28.6 Å². The molecule has 83 heavy (non-hydrogen) atoms. The molecule has 0 spiro atoms. The van der Waals surface area contributed by atoms with Gasteiger partial charge in [0.1, 0.15) is 13.2 Å². The fraction of sp³-hybridized carbons (Fsp3) is 0.857. The van der Waals surface area contributed by atoms with Crippen LogP contribution in [0.5, 0.6) is 0 Å².